The van der Waals surface area contributed by atoms with E-state index in [2.05, 4.69) is 17.2 Å². The molecule has 1 aromatic heterocycles. The van der Waals surface area contributed by atoms with E-state index in [9.17, 15) is 10.1 Å². The van der Waals surface area contributed by atoms with Crippen LogP contribution >= 0.6 is 23.4 Å². The summed E-state index contributed by atoms with van der Waals surface area (Å²) in [6.45, 7) is 2.76. The van der Waals surface area contributed by atoms with Gasteiger partial charge in [0.1, 0.15) is 0 Å². The van der Waals surface area contributed by atoms with Gasteiger partial charge in [-0.2, -0.15) is 11.8 Å². The van der Waals surface area contributed by atoms with E-state index in [-0.39, 0.29) is 16.5 Å². The normalized spacial score (nSPS) is 12.2. The quantitative estimate of drug-likeness (QED) is 0.638. The van der Waals surface area contributed by atoms with Gasteiger partial charge in [-0.05, 0) is 12.7 Å². The number of anilines is 1. The fourth-order valence-electron chi connectivity index (χ4n) is 1.22. The maximum Gasteiger partial charge on any atom is 0.312 e. The van der Waals surface area contributed by atoms with Crippen LogP contribution < -0.4 is 5.32 Å². The molecule has 1 aromatic rings. The maximum atomic E-state index is 10.8. The van der Waals surface area contributed by atoms with Crippen LogP contribution in [0.3, 0.4) is 0 Å². The molecule has 0 bridgehead atoms. The Morgan fingerprint density at radius 2 is 2.41 bits per heavy atom. The van der Waals surface area contributed by atoms with Gasteiger partial charge in [0.15, 0.2) is 0 Å². The highest BCUT2D eigenvalue weighted by molar-refractivity contribution is 7.99. The second-order valence-electron chi connectivity index (χ2n) is 3.54. The Balaban J connectivity index is 2.67. The topological polar surface area (TPSA) is 68.1 Å². The first-order valence-electron chi connectivity index (χ1n) is 5.11. The number of hydrogen-bond acceptors (Lipinski definition) is 5. The van der Waals surface area contributed by atoms with E-state index < -0.39 is 4.92 Å². The lowest BCUT2D eigenvalue weighted by molar-refractivity contribution is -0.384. The van der Waals surface area contributed by atoms with Gasteiger partial charge < -0.3 is 5.32 Å². The highest BCUT2D eigenvalue weighted by atomic mass is 35.5. The first kappa shape index (κ1) is 14.1. The Kier molecular flexibility index (Phi) is 5.50. The van der Waals surface area contributed by atoms with Gasteiger partial charge in [0.2, 0.25) is 5.82 Å². The van der Waals surface area contributed by atoms with Gasteiger partial charge in [-0.1, -0.05) is 18.5 Å². The van der Waals surface area contributed by atoms with Crippen molar-refractivity contribution in [3.63, 3.8) is 0 Å². The van der Waals surface area contributed by atoms with Crippen molar-refractivity contribution in [1.82, 2.24) is 4.98 Å². The Morgan fingerprint density at radius 1 is 1.71 bits per heavy atom. The third kappa shape index (κ3) is 4.40. The van der Waals surface area contributed by atoms with Crippen molar-refractivity contribution in [2.24, 2.45) is 0 Å². The summed E-state index contributed by atoms with van der Waals surface area (Å²) in [5.74, 6) is 0.271. The minimum Gasteiger partial charge on any atom is -0.364 e. The molecule has 94 valence electrons. The number of thioether (sulfide) groups is 1. The van der Waals surface area contributed by atoms with Gasteiger partial charge in [0.05, 0.1) is 9.95 Å². The minimum atomic E-state index is -0.487. The predicted molar refractivity (Wildman–Crippen MR) is 72.0 cm³/mol. The summed E-state index contributed by atoms with van der Waals surface area (Å²) >= 11 is 7.43. The van der Waals surface area contributed by atoms with Crippen LogP contribution in [0.5, 0.6) is 0 Å². The molecule has 17 heavy (non-hydrogen) atoms. The van der Waals surface area contributed by atoms with Gasteiger partial charge in [0.25, 0.3) is 0 Å². The van der Waals surface area contributed by atoms with Crippen molar-refractivity contribution in [3.05, 3.63) is 27.4 Å². The minimum absolute atomic E-state index is 0.0886. The monoisotopic (exact) mass is 275 g/mol. The standard InChI is InChI=1S/C10H14ClN3O2S/c1-7(17-2)3-4-12-10-9(14(15)16)5-8(11)6-13-10/h5-7H,3-4H2,1-2H3,(H,12,13). The van der Waals surface area contributed by atoms with Crippen LogP contribution in [0.1, 0.15) is 13.3 Å². The van der Waals surface area contributed by atoms with Crippen molar-refractivity contribution in [1.29, 1.82) is 0 Å². The fourth-order valence-corrected chi connectivity index (χ4v) is 1.72. The number of nitrogens with one attached hydrogen (secondary N) is 1. The molecule has 1 unspecified atom stereocenters. The molecular weight excluding hydrogens is 262 g/mol. The molecule has 0 saturated heterocycles. The van der Waals surface area contributed by atoms with Crippen LogP contribution in [-0.2, 0) is 0 Å². The SMILES string of the molecule is CSC(C)CCNc1ncc(Cl)cc1[N+](=O)[O-]. The van der Waals surface area contributed by atoms with Gasteiger partial charge >= 0.3 is 5.69 Å². The number of halogens is 1. The second-order valence-corrected chi connectivity index (χ2v) is 5.25. The van der Waals surface area contributed by atoms with Gasteiger partial charge in [0, 0.05) is 24.1 Å². The largest absolute Gasteiger partial charge is 0.364 e. The first-order chi connectivity index (χ1) is 8.04. The highest BCUT2D eigenvalue weighted by Gasteiger charge is 2.15. The van der Waals surface area contributed by atoms with E-state index in [4.69, 9.17) is 11.6 Å². The smallest absolute Gasteiger partial charge is 0.312 e. The molecule has 0 aliphatic rings. The molecule has 0 saturated carbocycles. The van der Waals surface area contributed by atoms with Crippen molar-refractivity contribution < 1.29 is 4.92 Å². The zero-order valence-electron chi connectivity index (χ0n) is 9.64. The summed E-state index contributed by atoms with van der Waals surface area (Å²) in [4.78, 5) is 14.2. The molecule has 0 amide bonds. The summed E-state index contributed by atoms with van der Waals surface area (Å²) in [7, 11) is 0. The summed E-state index contributed by atoms with van der Waals surface area (Å²) in [5.41, 5.74) is -0.0886. The van der Waals surface area contributed by atoms with E-state index in [1.807, 2.05) is 6.26 Å². The lowest BCUT2D eigenvalue weighted by Gasteiger charge is -2.09. The molecule has 1 heterocycles. The van der Waals surface area contributed by atoms with Crippen molar-refractivity contribution in [3.8, 4) is 0 Å². The van der Waals surface area contributed by atoms with Crippen LogP contribution in [0.4, 0.5) is 11.5 Å². The summed E-state index contributed by atoms with van der Waals surface area (Å²) in [6, 6.07) is 1.30. The molecule has 7 heteroatoms. The van der Waals surface area contributed by atoms with E-state index in [1.165, 1.54) is 12.3 Å². The average Bonchev–Trinajstić information content (AvgIpc) is 2.30. The van der Waals surface area contributed by atoms with Gasteiger partial charge in [-0.25, -0.2) is 4.98 Å². The Bertz CT molecular complexity index is 403. The number of nitro groups is 1. The van der Waals surface area contributed by atoms with Gasteiger partial charge in [-0.3, -0.25) is 10.1 Å². The molecule has 0 fully saturated rings. The second kappa shape index (κ2) is 6.66. The molecule has 1 rings (SSSR count). The van der Waals surface area contributed by atoms with Gasteiger partial charge in [-0.15, -0.1) is 0 Å². The number of aromatic nitrogens is 1. The summed E-state index contributed by atoms with van der Waals surface area (Å²) in [5, 5.41) is 14.5. The summed E-state index contributed by atoms with van der Waals surface area (Å²) in [6.07, 6.45) is 4.35. The molecular formula is C10H14ClN3O2S. The number of nitrogens with zero attached hydrogens (tertiary/aromatic N) is 2. The molecule has 1 atom stereocenters. The molecule has 0 aromatic carbocycles. The fraction of sp³-hybridized carbons (Fsp3) is 0.500. The molecule has 0 aliphatic carbocycles. The van der Waals surface area contributed by atoms with Crippen LogP contribution in [-0.4, -0.2) is 28.0 Å². The number of rotatable bonds is 6. The lowest BCUT2D eigenvalue weighted by Crippen LogP contribution is -2.10. The molecule has 0 radical (unpaired) electrons. The third-order valence-corrected chi connectivity index (χ3v) is 3.52. The zero-order chi connectivity index (χ0) is 12.8. The van der Waals surface area contributed by atoms with Crippen LogP contribution in [0.2, 0.25) is 5.02 Å². The molecule has 5 nitrogen and oxygen atoms in total. The number of hydrogen-bond donors (Lipinski definition) is 1. The average molecular weight is 276 g/mol. The van der Waals surface area contributed by atoms with Crippen molar-refractivity contribution in [2.45, 2.75) is 18.6 Å². The Hall–Kier alpha value is -1.01. The van der Waals surface area contributed by atoms with Crippen LogP contribution in [0.15, 0.2) is 12.3 Å². The molecule has 1 N–H and O–H groups in total. The Morgan fingerprint density at radius 3 is 3.00 bits per heavy atom. The van der Waals surface area contributed by atoms with E-state index in [0.717, 1.165) is 6.42 Å². The van der Waals surface area contributed by atoms with Crippen LogP contribution in [0.25, 0.3) is 0 Å². The lowest BCUT2D eigenvalue weighted by atomic mass is 10.3. The predicted octanol–water partition coefficient (Wildman–Crippen LogP) is 3.20. The molecule has 0 spiro atoms. The van der Waals surface area contributed by atoms with E-state index >= 15 is 0 Å². The highest BCUT2D eigenvalue weighted by Crippen LogP contribution is 2.25. The third-order valence-electron chi connectivity index (χ3n) is 2.28. The van der Waals surface area contributed by atoms with E-state index in [0.29, 0.717) is 11.8 Å². The first-order valence-corrected chi connectivity index (χ1v) is 6.77. The van der Waals surface area contributed by atoms with Crippen molar-refractivity contribution >= 4 is 34.9 Å². The van der Waals surface area contributed by atoms with Crippen molar-refractivity contribution in [2.75, 3.05) is 18.1 Å². The Labute approximate surface area is 109 Å². The number of pyridine rings is 1. The molecule has 0 aliphatic heterocycles. The van der Waals surface area contributed by atoms with Crippen LogP contribution in [0, 0.1) is 10.1 Å². The summed E-state index contributed by atoms with van der Waals surface area (Å²) < 4.78 is 0. The zero-order valence-corrected chi connectivity index (χ0v) is 11.2. The maximum absolute atomic E-state index is 10.8. The van der Waals surface area contributed by atoms with E-state index in [1.54, 1.807) is 11.8 Å².